The number of nitrogens with zero attached hydrogens (tertiary/aromatic N) is 1. The molecule has 0 aromatic rings. The molecule has 1 aliphatic rings. The molecule has 0 aliphatic carbocycles. The van der Waals surface area contributed by atoms with Gasteiger partial charge in [-0.25, -0.2) is 0 Å². The number of amides is 1. The van der Waals surface area contributed by atoms with E-state index in [1.165, 1.54) is 0 Å². The van der Waals surface area contributed by atoms with Crippen LogP contribution in [-0.4, -0.2) is 56.2 Å². The molecule has 0 spiro atoms. The highest BCUT2D eigenvalue weighted by Crippen LogP contribution is 2.05. The summed E-state index contributed by atoms with van der Waals surface area (Å²) < 4.78 is 5.26. The first-order chi connectivity index (χ1) is 8.26. The number of hydrogen-bond acceptors (Lipinski definition) is 4. The topological polar surface area (TPSA) is 67.6 Å². The van der Waals surface area contributed by atoms with Crippen LogP contribution in [0.2, 0.25) is 0 Å². The van der Waals surface area contributed by atoms with Gasteiger partial charge < -0.3 is 15.8 Å². The number of carbonyl (C=O) groups excluding carboxylic acids is 1. The van der Waals surface area contributed by atoms with Gasteiger partial charge in [-0.3, -0.25) is 9.69 Å². The Morgan fingerprint density at radius 1 is 1.47 bits per heavy atom. The first-order valence-corrected chi connectivity index (χ1v) is 6.55. The van der Waals surface area contributed by atoms with Gasteiger partial charge in [-0.1, -0.05) is 6.92 Å². The third kappa shape index (κ3) is 6.00. The van der Waals surface area contributed by atoms with Crippen molar-refractivity contribution in [1.29, 1.82) is 0 Å². The molecule has 5 heteroatoms. The molecule has 1 fully saturated rings. The molecule has 0 saturated carbocycles. The van der Waals surface area contributed by atoms with Gasteiger partial charge in [0.15, 0.2) is 0 Å². The van der Waals surface area contributed by atoms with Crippen molar-refractivity contribution < 1.29 is 9.53 Å². The Kier molecular flexibility index (Phi) is 7.16. The average Bonchev–Trinajstić information content (AvgIpc) is 2.35. The van der Waals surface area contributed by atoms with Crippen molar-refractivity contribution in [2.24, 2.45) is 5.73 Å². The number of carbonyl (C=O) groups is 1. The van der Waals surface area contributed by atoms with E-state index in [1.807, 2.05) is 0 Å². The van der Waals surface area contributed by atoms with Crippen LogP contribution in [0.25, 0.3) is 0 Å². The second-order valence-corrected chi connectivity index (χ2v) is 4.47. The Bertz CT molecular complexity index is 218. The highest BCUT2D eigenvalue weighted by Gasteiger charge is 2.17. The number of ether oxygens (including phenoxy) is 1. The van der Waals surface area contributed by atoms with Gasteiger partial charge >= 0.3 is 0 Å². The summed E-state index contributed by atoms with van der Waals surface area (Å²) in [5.41, 5.74) is 5.47. The summed E-state index contributed by atoms with van der Waals surface area (Å²) in [6, 6.07) is 0.296. The van der Waals surface area contributed by atoms with E-state index in [1.54, 1.807) is 0 Å². The molecule has 0 atom stereocenters. The highest BCUT2D eigenvalue weighted by atomic mass is 16.5. The molecule has 1 aliphatic heterocycles. The van der Waals surface area contributed by atoms with Crippen molar-refractivity contribution in [3.8, 4) is 0 Å². The van der Waals surface area contributed by atoms with Crippen LogP contribution in [0.1, 0.15) is 26.2 Å². The Morgan fingerprint density at radius 2 is 2.18 bits per heavy atom. The van der Waals surface area contributed by atoms with Gasteiger partial charge in [0.2, 0.25) is 5.91 Å². The van der Waals surface area contributed by atoms with Crippen LogP contribution in [0.15, 0.2) is 0 Å². The fourth-order valence-electron chi connectivity index (χ4n) is 1.98. The van der Waals surface area contributed by atoms with E-state index in [0.29, 0.717) is 19.1 Å². The lowest BCUT2D eigenvalue weighted by atomic mass is 10.1. The van der Waals surface area contributed by atoms with Gasteiger partial charge in [0.05, 0.1) is 6.54 Å². The van der Waals surface area contributed by atoms with Crippen LogP contribution in [0.5, 0.6) is 0 Å². The lowest BCUT2D eigenvalue weighted by Crippen LogP contribution is -2.44. The van der Waals surface area contributed by atoms with E-state index in [-0.39, 0.29) is 5.91 Å². The summed E-state index contributed by atoms with van der Waals surface area (Å²) >= 11 is 0. The minimum Gasteiger partial charge on any atom is -0.381 e. The first kappa shape index (κ1) is 14.4. The number of rotatable bonds is 7. The van der Waals surface area contributed by atoms with Crippen LogP contribution in [-0.2, 0) is 9.53 Å². The second-order valence-electron chi connectivity index (χ2n) is 4.47. The maximum atomic E-state index is 11.8. The zero-order chi connectivity index (χ0) is 12.5. The summed E-state index contributed by atoms with van der Waals surface area (Å²) in [6.45, 7) is 6.53. The number of hydrogen-bond donors (Lipinski definition) is 2. The Balaban J connectivity index is 2.21. The summed E-state index contributed by atoms with van der Waals surface area (Å²) in [6.07, 6.45) is 2.81. The van der Waals surface area contributed by atoms with Gasteiger partial charge in [-0.15, -0.1) is 0 Å². The van der Waals surface area contributed by atoms with Gasteiger partial charge in [0.25, 0.3) is 0 Å². The maximum Gasteiger partial charge on any atom is 0.234 e. The quantitative estimate of drug-likeness (QED) is 0.658. The minimum atomic E-state index is 0.121. The smallest absolute Gasteiger partial charge is 0.234 e. The van der Waals surface area contributed by atoms with Gasteiger partial charge in [0, 0.05) is 19.3 Å². The van der Waals surface area contributed by atoms with E-state index in [0.717, 1.165) is 45.6 Å². The predicted octanol–water partition coefficient (Wildman–Crippen LogP) is -0.0477. The van der Waals surface area contributed by atoms with Crippen molar-refractivity contribution in [2.45, 2.75) is 32.2 Å². The molecule has 1 rings (SSSR count). The Morgan fingerprint density at radius 3 is 2.76 bits per heavy atom. The summed E-state index contributed by atoms with van der Waals surface area (Å²) in [7, 11) is 0. The third-order valence-electron chi connectivity index (χ3n) is 3.08. The zero-order valence-electron chi connectivity index (χ0n) is 10.8. The molecule has 0 radical (unpaired) electrons. The van der Waals surface area contributed by atoms with Crippen molar-refractivity contribution in [2.75, 3.05) is 39.4 Å². The maximum absolute atomic E-state index is 11.8. The molecular formula is C12H25N3O2. The molecule has 0 unspecified atom stereocenters. The van der Waals surface area contributed by atoms with Crippen molar-refractivity contribution in [1.82, 2.24) is 10.2 Å². The van der Waals surface area contributed by atoms with Crippen molar-refractivity contribution in [3.63, 3.8) is 0 Å². The second kappa shape index (κ2) is 8.44. The molecule has 17 heavy (non-hydrogen) atoms. The summed E-state index contributed by atoms with van der Waals surface area (Å²) in [4.78, 5) is 13.9. The molecule has 1 amide bonds. The van der Waals surface area contributed by atoms with E-state index >= 15 is 0 Å². The standard InChI is InChI=1S/C12H25N3O2/c1-2-15(7-3-6-13)10-12(16)14-11-4-8-17-9-5-11/h11H,2-10,13H2,1H3,(H,14,16). The molecule has 1 saturated heterocycles. The molecule has 0 aromatic carbocycles. The molecule has 100 valence electrons. The Hall–Kier alpha value is -0.650. The predicted molar refractivity (Wildman–Crippen MR) is 67.8 cm³/mol. The number of nitrogens with one attached hydrogen (secondary N) is 1. The largest absolute Gasteiger partial charge is 0.381 e. The fourth-order valence-corrected chi connectivity index (χ4v) is 1.98. The van der Waals surface area contributed by atoms with E-state index < -0.39 is 0 Å². The molecule has 1 heterocycles. The lowest BCUT2D eigenvalue weighted by Gasteiger charge is -2.25. The van der Waals surface area contributed by atoms with E-state index in [9.17, 15) is 4.79 Å². The van der Waals surface area contributed by atoms with Gasteiger partial charge in [-0.2, -0.15) is 0 Å². The van der Waals surface area contributed by atoms with Crippen LogP contribution in [0, 0.1) is 0 Å². The molecular weight excluding hydrogens is 218 g/mol. The van der Waals surface area contributed by atoms with Crippen LogP contribution >= 0.6 is 0 Å². The van der Waals surface area contributed by atoms with E-state index in [2.05, 4.69) is 17.1 Å². The summed E-state index contributed by atoms with van der Waals surface area (Å²) in [5.74, 6) is 0.121. The SMILES string of the molecule is CCN(CCCN)CC(=O)NC1CCOCC1. The van der Waals surface area contributed by atoms with Crippen LogP contribution in [0.3, 0.4) is 0 Å². The van der Waals surface area contributed by atoms with Gasteiger partial charge in [0.1, 0.15) is 0 Å². The Labute approximate surface area is 104 Å². The van der Waals surface area contributed by atoms with Crippen molar-refractivity contribution >= 4 is 5.91 Å². The van der Waals surface area contributed by atoms with Crippen LogP contribution in [0.4, 0.5) is 0 Å². The highest BCUT2D eigenvalue weighted by molar-refractivity contribution is 5.78. The number of likely N-dealkylation sites (N-methyl/N-ethyl adjacent to an activating group) is 1. The zero-order valence-corrected chi connectivity index (χ0v) is 10.8. The molecule has 3 N–H and O–H groups in total. The normalized spacial score (nSPS) is 17.4. The van der Waals surface area contributed by atoms with Crippen LogP contribution < -0.4 is 11.1 Å². The van der Waals surface area contributed by atoms with Crippen molar-refractivity contribution in [3.05, 3.63) is 0 Å². The molecule has 0 aromatic heterocycles. The van der Waals surface area contributed by atoms with E-state index in [4.69, 9.17) is 10.5 Å². The minimum absolute atomic E-state index is 0.121. The average molecular weight is 243 g/mol. The first-order valence-electron chi connectivity index (χ1n) is 6.55. The number of nitrogens with two attached hydrogens (primary N) is 1. The molecule has 5 nitrogen and oxygen atoms in total. The van der Waals surface area contributed by atoms with Gasteiger partial charge in [-0.05, 0) is 38.9 Å². The third-order valence-corrected chi connectivity index (χ3v) is 3.08. The lowest BCUT2D eigenvalue weighted by molar-refractivity contribution is -0.123. The summed E-state index contributed by atoms with van der Waals surface area (Å²) in [5, 5.41) is 3.07. The monoisotopic (exact) mass is 243 g/mol. The fraction of sp³-hybridized carbons (Fsp3) is 0.917. The molecule has 0 bridgehead atoms.